The number of aryl methyl sites for hydroxylation is 1. The second-order valence-electron chi connectivity index (χ2n) is 4.07. The number of nitrogens with one attached hydrogen (secondary N) is 2. The highest BCUT2D eigenvalue weighted by molar-refractivity contribution is 7.20. The zero-order valence-electron chi connectivity index (χ0n) is 10.8. The van der Waals surface area contributed by atoms with Gasteiger partial charge in [-0.05, 0) is 18.9 Å². The van der Waals surface area contributed by atoms with E-state index in [-0.39, 0.29) is 11.5 Å². The van der Waals surface area contributed by atoms with Crippen LogP contribution in [0, 0.1) is 6.92 Å². The minimum Gasteiger partial charge on any atom is -0.385 e. The van der Waals surface area contributed by atoms with Crippen molar-refractivity contribution in [1.82, 2.24) is 15.3 Å². The van der Waals surface area contributed by atoms with Crippen LogP contribution in [-0.4, -0.2) is 36.1 Å². The number of rotatable bonds is 5. The van der Waals surface area contributed by atoms with Gasteiger partial charge >= 0.3 is 0 Å². The van der Waals surface area contributed by atoms with E-state index >= 15 is 0 Å². The lowest BCUT2D eigenvalue weighted by molar-refractivity contribution is 0.0952. The summed E-state index contributed by atoms with van der Waals surface area (Å²) in [5, 5.41) is 3.30. The summed E-state index contributed by atoms with van der Waals surface area (Å²) in [6.45, 7) is 2.91. The number of ether oxygens (including phenoxy) is 1. The van der Waals surface area contributed by atoms with Crippen LogP contribution in [0.1, 0.15) is 21.7 Å². The summed E-state index contributed by atoms with van der Waals surface area (Å²) in [6, 6.07) is 0. The minimum atomic E-state index is -0.211. The summed E-state index contributed by atoms with van der Waals surface area (Å²) >= 11 is 1.24. The van der Waals surface area contributed by atoms with Gasteiger partial charge in [0.25, 0.3) is 11.5 Å². The minimum absolute atomic E-state index is 0.170. The number of methoxy groups -OCH3 is 1. The number of fused-ring (bicyclic) bond motifs is 1. The number of nitrogens with zero attached hydrogens (tertiary/aromatic N) is 1. The van der Waals surface area contributed by atoms with Crippen LogP contribution in [0.3, 0.4) is 0 Å². The number of aromatic amines is 1. The summed E-state index contributed by atoms with van der Waals surface area (Å²) in [5.74, 6) is -0.170. The molecule has 0 atom stereocenters. The molecule has 102 valence electrons. The van der Waals surface area contributed by atoms with Crippen LogP contribution in [0.25, 0.3) is 10.2 Å². The third-order valence-electron chi connectivity index (χ3n) is 2.75. The molecule has 0 saturated carbocycles. The molecule has 6 nitrogen and oxygen atoms in total. The van der Waals surface area contributed by atoms with Crippen LogP contribution in [0.15, 0.2) is 11.1 Å². The van der Waals surface area contributed by atoms with Crippen molar-refractivity contribution in [1.29, 1.82) is 0 Å². The molecule has 0 bridgehead atoms. The molecule has 2 rings (SSSR count). The Morgan fingerprint density at radius 3 is 3.05 bits per heavy atom. The van der Waals surface area contributed by atoms with Crippen molar-refractivity contribution < 1.29 is 9.53 Å². The molecule has 0 spiro atoms. The molecule has 2 N–H and O–H groups in total. The van der Waals surface area contributed by atoms with Crippen LogP contribution < -0.4 is 10.9 Å². The van der Waals surface area contributed by atoms with Gasteiger partial charge in [-0.2, -0.15) is 0 Å². The van der Waals surface area contributed by atoms with Gasteiger partial charge in [0.2, 0.25) is 0 Å². The number of H-pyrrole nitrogens is 1. The van der Waals surface area contributed by atoms with Crippen LogP contribution in [0.4, 0.5) is 0 Å². The summed E-state index contributed by atoms with van der Waals surface area (Å²) in [5.41, 5.74) is 0.468. The molecule has 2 heterocycles. The Labute approximate surface area is 113 Å². The average molecular weight is 281 g/mol. The van der Waals surface area contributed by atoms with Gasteiger partial charge < -0.3 is 15.0 Å². The monoisotopic (exact) mass is 281 g/mol. The fraction of sp³-hybridized carbons (Fsp3) is 0.417. The van der Waals surface area contributed by atoms with Gasteiger partial charge in [-0.1, -0.05) is 0 Å². The fourth-order valence-corrected chi connectivity index (χ4v) is 2.86. The van der Waals surface area contributed by atoms with E-state index in [0.717, 1.165) is 6.42 Å². The zero-order chi connectivity index (χ0) is 13.8. The topological polar surface area (TPSA) is 84.1 Å². The molecule has 0 unspecified atom stereocenters. The number of thiophene rings is 1. The third-order valence-corrected chi connectivity index (χ3v) is 3.95. The summed E-state index contributed by atoms with van der Waals surface area (Å²) in [4.78, 5) is 31.4. The lowest BCUT2D eigenvalue weighted by atomic mass is 10.2. The molecule has 19 heavy (non-hydrogen) atoms. The molecule has 0 radical (unpaired) electrons. The van der Waals surface area contributed by atoms with E-state index in [2.05, 4.69) is 15.3 Å². The number of aromatic nitrogens is 2. The fourth-order valence-electron chi connectivity index (χ4n) is 1.79. The molecule has 0 fully saturated rings. The Kier molecular flexibility index (Phi) is 4.28. The van der Waals surface area contributed by atoms with E-state index in [0.29, 0.717) is 33.8 Å². The van der Waals surface area contributed by atoms with Crippen molar-refractivity contribution in [3.8, 4) is 0 Å². The molecule has 0 aromatic carbocycles. The zero-order valence-corrected chi connectivity index (χ0v) is 11.6. The van der Waals surface area contributed by atoms with Crippen LogP contribution >= 0.6 is 11.3 Å². The number of hydrogen-bond acceptors (Lipinski definition) is 5. The van der Waals surface area contributed by atoms with Crippen molar-refractivity contribution in [2.24, 2.45) is 0 Å². The molecule has 2 aromatic rings. The van der Waals surface area contributed by atoms with Crippen molar-refractivity contribution in [2.45, 2.75) is 13.3 Å². The largest absolute Gasteiger partial charge is 0.385 e. The molecular formula is C12H15N3O3S. The highest BCUT2D eigenvalue weighted by atomic mass is 32.1. The van der Waals surface area contributed by atoms with E-state index in [4.69, 9.17) is 4.74 Å². The Morgan fingerprint density at radius 2 is 2.37 bits per heavy atom. The van der Waals surface area contributed by atoms with Crippen molar-refractivity contribution in [2.75, 3.05) is 20.3 Å². The smallest absolute Gasteiger partial charge is 0.261 e. The number of amides is 1. The first-order chi connectivity index (χ1) is 9.15. The molecule has 2 aromatic heterocycles. The van der Waals surface area contributed by atoms with Crippen molar-refractivity contribution in [3.05, 3.63) is 27.1 Å². The first-order valence-electron chi connectivity index (χ1n) is 5.89. The van der Waals surface area contributed by atoms with Gasteiger partial charge in [-0.3, -0.25) is 9.59 Å². The standard InChI is InChI=1S/C12H15N3O3S/c1-7-8-10(16)14-6-15-12(8)19-9(7)11(17)13-4-3-5-18-2/h6H,3-5H2,1-2H3,(H,13,17)(H,14,15,16). The van der Waals surface area contributed by atoms with Crippen LogP contribution in [0.5, 0.6) is 0 Å². The maximum Gasteiger partial charge on any atom is 0.261 e. The van der Waals surface area contributed by atoms with Gasteiger partial charge in [0, 0.05) is 20.3 Å². The molecule has 0 aliphatic carbocycles. The Morgan fingerprint density at radius 1 is 1.58 bits per heavy atom. The Balaban J connectivity index is 2.21. The average Bonchev–Trinajstić information content (AvgIpc) is 2.73. The van der Waals surface area contributed by atoms with Gasteiger partial charge in [-0.25, -0.2) is 4.98 Å². The highest BCUT2D eigenvalue weighted by Crippen LogP contribution is 2.26. The number of carbonyl (C=O) groups excluding carboxylic acids is 1. The molecule has 0 saturated heterocycles. The molecule has 0 aliphatic rings. The van der Waals surface area contributed by atoms with Crippen molar-refractivity contribution >= 4 is 27.5 Å². The summed E-state index contributed by atoms with van der Waals surface area (Å²) in [6.07, 6.45) is 2.10. The van der Waals surface area contributed by atoms with Crippen LogP contribution in [0.2, 0.25) is 0 Å². The van der Waals surface area contributed by atoms with Crippen molar-refractivity contribution in [3.63, 3.8) is 0 Å². The van der Waals surface area contributed by atoms with Gasteiger partial charge in [0.1, 0.15) is 4.83 Å². The van der Waals surface area contributed by atoms with Gasteiger partial charge in [0.15, 0.2) is 0 Å². The first kappa shape index (κ1) is 13.7. The van der Waals surface area contributed by atoms with E-state index < -0.39 is 0 Å². The number of hydrogen-bond donors (Lipinski definition) is 2. The van der Waals surface area contributed by atoms with E-state index in [1.54, 1.807) is 14.0 Å². The predicted molar refractivity (Wildman–Crippen MR) is 73.8 cm³/mol. The SMILES string of the molecule is COCCCNC(=O)c1sc2nc[nH]c(=O)c2c1C. The highest BCUT2D eigenvalue weighted by Gasteiger charge is 2.17. The van der Waals surface area contributed by atoms with Gasteiger partial charge in [-0.15, -0.1) is 11.3 Å². The Hall–Kier alpha value is -1.73. The maximum absolute atomic E-state index is 12.0. The Bertz CT molecular complexity index is 647. The lowest BCUT2D eigenvalue weighted by Crippen LogP contribution is -2.25. The maximum atomic E-state index is 12.0. The summed E-state index contributed by atoms with van der Waals surface area (Å²) < 4.78 is 4.91. The summed E-state index contributed by atoms with van der Waals surface area (Å²) in [7, 11) is 1.62. The molecule has 7 heteroatoms. The van der Waals surface area contributed by atoms with E-state index in [9.17, 15) is 9.59 Å². The van der Waals surface area contributed by atoms with E-state index in [1.165, 1.54) is 17.7 Å². The second-order valence-corrected chi connectivity index (χ2v) is 5.07. The van der Waals surface area contributed by atoms with Crippen LogP contribution in [-0.2, 0) is 4.74 Å². The predicted octanol–water partition coefficient (Wildman–Crippen LogP) is 1.06. The lowest BCUT2D eigenvalue weighted by Gasteiger charge is -2.03. The first-order valence-corrected chi connectivity index (χ1v) is 6.70. The van der Waals surface area contributed by atoms with Gasteiger partial charge in [0.05, 0.1) is 16.6 Å². The molecular weight excluding hydrogens is 266 g/mol. The third kappa shape index (κ3) is 2.82. The molecule has 0 aliphatic heterocycles. The normalized spacial score (nSPS) is 10.8. The number of carbonyl (C=O) groups is 1. The quantitative estimate of drug-likeness (QED) is 0.803. The van der Waals surface area contributed by atoms with E-state index in [1.807, 2.05) is 0 Å². The second kappa shape index (κ2) is 5.94. The molecule has 1 amide bonds.